The lowest BCUT2D eigenvalue weighted by Crippen LogP contribution is -2.00. The largest absolute Gasteiger partial charge is 0.0999 e. The molecule has 0 heterocycles. The summed E-state index contributed by atoms with van der Waals surface area (Å²) in [6.45, 7) is 7.74. The van der Waals surface area contributed by atoms with Gasteiger partial charge in [0.15, 0.2) is 0 Å². The van der Waals surface area contributed by atoms with Crippen molar-refractivity contribution in [2.45, 2.75) is 20.3 Å². The van der Waals surface area contributed by atoms with E-state index in [1.54, 1.807) is 0 Å². The molecule has 16 heavy (non-hydrogen) atoms. The normalized spacial score (nSPS) is 15.5. The summed E-state index contributed by atoms with van der Waals surface area (Å²) < 4.78 is 8.23. The third-order valence-electron chi connectivity index (χ3n) is 3.01. The maximum absolute atomic E-state index is 8.23. The Morgan fingerprint density at radius 1 is 1.25 bits per heavy atom. The molecule has 0 aliphatic heterocycles. The second-order valence-electron chi connectivity index (χ2n) is 4.42. The Kier molecular flexibility index (Phi) is 2.73. The van der Waals surface area contributed by atoms with Crippen molar-refractivity contribution in [2.24, 2.45) is 5.89 Å². The summed E-state index contributed by atoms with van der Waals surface area (Å²) >= 11 is 0. The quantitative estimate of drug-likeness (QED) is 0.651. The molecule has 0 N–H and O–H groups in total. The molecule has 0 heteroatoms. The van der Waals surface area contributed by atoms with Gasteiger partial charge in [-0.1, -0.05) is 61.5 Å². The molecule has 0 radical (unpaired) electrons. The van der Waals surface area contributed by atoms with Gasteiger partial charge < -0.3 is 0 Å². The fourth-order valence-corrected chi connectivity index (χ4v) is 1.81. The van der Waals surface area contributed by atoms with E-state index >= 15 is 0 Å². The highest BCUT2D eigenvalue weighted by atomic mass is 14.1. The summed E-state index contributed by atoms with van der Waals surface area (Å²) in [6, 6.07) is 14.7. The van der Waals surface area contributed by atoms with Gasteiger partial charge in [-0.05, 0) is 35.6 Å². The number of benzene rings is 2. The van der Waals surface area contributed by atoms with E-state index in [-0.39, 0.29) is 0 Å². The first-order valence-electron chi connectivity index (χ1n) is 6.13. The van der Waals surface area contributed by atoms with E-state index in [0.717, 1.165) is 5.57 Å². The zero-order valence-electron chi connectivity index (χ0n) is 11.0. The number of fused-ring (bicyclic) bond motifs is 1. The molecular formula is C16H18. The number of hydrogen-bond donors (Lipinski definition) is 0. The first-order valence-corrected chi connectivity index (χ1v) is 5.63. The highest BCUT2D eigenvalue weighted by Crippen LogP contribution is 2.20. The van der Waals surface area contributed by atoms with Crippen molar-refractivity contribution in [3.63, 3.8) is 0 Å². The van der Waals surface area contributed by atoms with Crippen LogP contribution in [0.3, 0.4) is 0 Å². The van der Waals surface area contributed by atoms with E-state index in [4.69, 9.17) is 1.37 Å². The van der Waals surface area contributed by atoms with Crippen LogP contribution in [0.15, 0.2) is 54.6 Å². The van der Waals surface area contributed by atoms with E-state index < -0.39 is 5.89 Å². The van der Waals surface area contributed by atoms with E-state index in [2.05, 4.69) is 36.9 Å². The lowest BCUT2D eigenvalue weighted by atomic mass is 9.94. The molecule has 0 saturated heterocycles. The fraction of sp³-hybridized carbons (Fsp3) is 0.250. The third-order valence-corrected chi connectivity index (χ3v) is 3.01. The van der Waals surface area contributed by atoms with Gasteiger partial charge in [0.2, 0.25) is 0 Å². The first-order chi connectivity index (χ1) is 7.99. The second kappa shape index (κ2) is 4.52. The van der Waals surface area contributed by atoms with Crippen LogP contribution in [0.2, 0.25) is 0 Å². The summed E-state index contributed by atoms with van der Waals surface area (Å²) in [6.07, 6.45) is 0.715. The molecule has 0 nitrogen and oxygen atoms in total. The number of allylic oxidation sites excluding steroid dienone is 1. The Labute approximate surface area is 99.0 Å². The van der Waals surface area contributed by atoms with E-state index in [9.17, 15) is 0 Å². The molecule has 82 valence electrons. The van der Waals surface area contributed by atoms with Gasteiger partial charge in [0, 0.05) is 1.37 Å². The predicted molar refractivity (Wildman–Crippen MR) is 71.6 cm³/mol. The molecule has 0 amide bonds. The van der Waals surface area contributed by atoms with E-state index in [1.165, 1.54) is 16.3 Å². The Balaban J connectivity index is 2.34. The van der Waals surface area contributed by atoms with Gasteiger partial charge in [-0.2, -0.15) is 0 Å². The van der Waals surface area contributed by atoms with Crippen LogP contribution >= 0.6 is 0 Å². The minimum Gasteiger partial charge on any atom is -0.0999 e. The lowest BCUT2D eigenvalue weighted by molar-refractivity contribution is 0.681. The molecule has 1 unspecified atom stereocenters. The van der Waals surface area contributed by atoms with Gasteiger partial charge in [-0.25, -0.2) is 0 Å². The minimum atomic E-state index is -0.581. The van der Waals surface area contributed by atoms with Crippen LogP contribution < -0.4 is 0 Å². The molecule has 0 fully saturated rings. The average molecular weight is 211 g/mol. The summed E-state index contributed by atoms with van der Waals surface area (Å²) in [5.41, 5.74) is 2.11. The number of hydrogen-bond acceptors (Lipinski definition) is 0. The summed E-state index contributed by atoms with van der Waals surface area (Å²) in [7, 11) is 0. The molecule has 0 aromatic heterocycles. The fourth-order valence-electron chi connectivity index (χ4n) is 1.81. The molecule has 1 atom stereocenters. The molecule has 2 aromatic carbocycles. The van der Waals surface area contributed by atoms with Crippen molar-refractivity contribution in [1.29, 1.82) is 0 Å². The average Bonchev–Trinajstić information content (AvgIpc) is 2.28. The predicted octanol–water partition coefficient (Wildman–Crippen LogP) is 4.59. The van der Waals surface area contributed by atoms with Crippen molar-refractivity contribution < 1.29 is 1.37 Å². The molecule has 2 aromatic rings. The van der Waals surface area contributed by atoms with Crippen LogP contribution in [0.25, 0.3) is 10.8 Å². The minimum absolute atomic E-state index is 0.581. The van der Waals surface area contributed by atoms with Crippen LogP contribution in [-0.4, -0.2) is 0 Å². The topological polar surface area (TPSA) is 0 Å². The van der Waals surface area contributed by atoms with Crippen molar-refractivity contribution in [3.05, 3.63) is 60.2 Å². The Morgan fingerprint density at radius 3 is 2.62 bits per heavy atom. The van der Waals surface area contributed by atoms with Crippen LogP contribution in [-0.2, 0) is 6.42 Å². The zero-order valence-corrected chi connectivity index (χ0v) is 9.96. The van der Waals surface area contributed by atoms with Gasteiger partial charge in [-0.15, -0.1) is 0 Å². The highest BCUT2D eigenvalue weighted by Gasteiger charge is 2.04. The SMILES string of the molecule is [2H]C(C)(Cc1ccc2ccccc2c1)C(=C)C. The second-order valence-corrected chi connectivity index (χ2v) is 4.42. The van der Waals surface area contributed by atoms with Crippen molar-refractivity contribution in [1.82, 2.24) is 0 Å². The van der Waals surface area contributed by atoms with Gasteiger partial charge in [0.25, 0.3) is 0 Å². The molecule has 0 bridgehead atoms. The maximum Gasteiger partial charge on any atom is 0.0349 e. The Morgan fingerprint density at radius 2 is 1.94 bits per heavy atom. The Hall–Kier alpha value is -1.56. The van der Waals surface area contributed by atoms with Crippen LogP contribution in [0.5, 0.6) is 0 Å². The van der Waals surface area contributed by atoms with Crippen molar-refractivity contribution >= 4 is 10.8 Å². The van der Waals surface area contributed by atoms with Gasteiger partial charge in [0.1, 0.15) is 0 Å². The van der Waals surface area contributed by atoms with Gasteiger partial charge in [0.05, 0.1) is 0 Å². The molecule has 2 rings (SSSR count). The lowest BCUT2D eigenvalue weighted by Gasteiger charge is -2.11. The van der Waals surface area contributed by atoms with Crippen LogP contribution in [0, 0.1) is 5.89 Å². The van der Waals surface area contributed by atoms with E-state index in [1.807, 2.05) is 26.0 Å². The van der Waals surface area contributed by atoms with Gasteiger partial charge >= 0.3 is 0 Å². The Bertz CT molecular complexity index is 552. The maximum atomic E-state index is 8.23. The van der Waals surface area contributed by atoms with E-state index in [0.29, 0.717) is 6.42 Å². The van der Waals surface area contributed by atoms with Crippen molar-refractivity contribution in [2.75, 3.05) is 0 Å². The molecule has 0 aliphatic rings. The molecular weight excluding hydrogens is 192 g/mol. The van der Waals surface area contributed by atoms with Crippen molar-refractivity contribution in [3.8, 4) is 0 Å². The molecule has 0 aliphatic carbocycles. The van der Waals surface area contributed by atoms with Crippen LogP contribution in [0.1, 0.15) is 20.8 Å². The summed E-state index contributed by atoms with van der Waals surface area (Å²) in [4.78, 5) is 0. The first kappa shape index (κ1) is 9.65. The summed E-state index contributed by atoms with van der Waals surface area (Å²) in [5.74, 6) is -0.581. The zero-order chi connectivity index (χ0) is 12.5. The molecule has 0 saturated carbocycles. The molecule has 0 spiro atoms. The monoisotopic (exact) mass is 211 g/mol. The van der Waals surface area contributed by atoms with Gasteiger partial charge in [-0.3, -0.25) is 0 Å². The number of rotatable bonds is 3. The smallest absolute Gasteiger partial charge is 0.0349 e. The van der Waals surface area contributed by atoms with Crippen LogP contribution in [0.4, 0.5) is 0 Å². The third kappa shape index (κ3) is 2.33. The summed E-state index contributed by atoms with van der Waals surface area (Å²) in [5, 5.41) is 2.49. The standard InChI is InChI=1S/C16H18/c1-12(2)13(3)10-14-8-9-15-6-4-5-7-16(15)11-14/h4-9,11,13H,1,10H2,2-3H3/i13D. The highest BCUT2D eigenvalue weighted by molar-refractivity contribution is 5.82.